The fourth-order valence-corrected chi connectivity index (χ4v) is 2.00. The molecule has 0 saturated heterocycles. The Labute approximate surface area is 136 Å². The molecule has 1 aromatic carbocycles. The van der Waals surface area contributed by atoms with Gasteiger partial charge >= 0.3 is 0 Å². The van der Waals surface area contributed by atoms with Gasteiger partial charge in [-0.05, 0) is 18.2 Å². The van der Waals surface area contributed by atoms with Gasteiger partial charge in [-0.1, -0.05) is 0 Å². The monoisotopic (exact) mass is 327 g/mol. The highest BCUT2D eigenvalue weighted by atomic mass is 35.5. The molecule has 0 unspecified atom stereocenters. The second-order valence-corrected chi connectivity index (χ2v) is 4.48. The summed E-state index contributed by atoms with van der Waals surface area (Å²) in [5.74, 6) is 1.55. The van der Waals surface area contributed by atoms with Gasteiger partial charge in [0.25, 0.3) is 0 Å². The molecule has 7 heteroatoms. The minimum absolute atomic E-state index is 0. The molecule has 2 aromatic rings. The molecule has 0 atom stereocenters. The molecule has 6 nitrogen and oxygen atoms in total. The van der Waals surface area contributed by atoms with Crippen molar-refractivity contribution in [2.45, 2.75) is 6.54 Å². The molecular formula is C15H22ClN3O3. The Bertz CT molecular complexity index is 575. The molecular weight excluding hydrogens is 306 g/mol. The summed E-state index contributed by atoms with van der Waals surface area (Å²) in [5.41, 5.74) is 7.45. The number of benzene rings is 1. The molecule has 22 heavy (non-hydrogen) atoms. The van der Waals surface area contributed by atoms with Gasteiger partial charge in [0.1, 0.15) is 18.1 Å². The highest BCUT2D eigenvalue weighted by molar-refractivity contribution is 5.85. The fourth-order valence-electron chi connectivity index (χ4n) is 2.00. The Morgan fingerprint density at radius 3 is 2.73 bits per heavy atom. The number of rotatable bonds is 8. The molecule has 0 aliphatic carbocycles. The van der Waals surface area contributed by atoms with Crippen LogP contribution < -0.4 is 15.2 Å². The Kier molecular flexibility index (Phi) is 7.73. The number of nitrogens with two attached hydrogens (primary N) is 1. The molecule has 0 aliphatic heterocycles. The van der Waals surface area contributed by atoms with Gasteiger partial charge in [0.15, 0.2) is 0 Å². The number of hydrogen-bond donors (Lipinski definition) is 1. The van der Waals surface area contributed by atoms with Gasteiger partial charge < -0.3 is 19.9 Å². The van der Waals surface area contributed by atoms with Crippen LogP contribution >= 0.6 is 12.4 Å². The van der Waals surface area contributed by atoms with Crippen molar-refractivity contribution in [1.29, 1.82) is 0 Å². The summed E-state index contributed by atoms with van der Waals surface area (Å²) in [4.78, 5) is 0. The second-order valence-electron chi connectivity index (χ2n) is 4.48. The third kappa shape index (κ3) is 4.62. The highest BCUT2D eigenvalue weighted by Crippen LogP contribution is 2.33. The number of aromatic nitrogens is 2. The molecule has 2 N–H and O–H groups in total. The average Bonchev–Trinajstić information content (AvgIpc) is 2.96. The Morgan fingerprint density at radius 1 is 1.23 bits per heavy atom. The third-order valence-electron chi connectivity index (χ3n) is 3.03. The van der Waals surface area contributed by atoms with E-state index in [-0.39, 0.29) is 12.4 Å². The number of hydrogen-bond acceptors (Lipinski definition) is 5. The van der Waals surface area contributed by atoms with Crippen molar-refractivity contribution in [2.24, 2.45) is 5.73 Å². The zero-order valence-electron chi connectivity index (χ0n) is 12.8. The predicted octanol–water partition coefficient (Wildman–Crippen LogP) is 1.96. The normalized spacial score (nSPS) is 10.1. The van der Waals surface area contributed by atoms with Crippen LogP contribution in [0, 0.1) is 0 Å². The van der Waals surface area contributed by atoms with Crippen LogP contribution in [0.2, 0.25) is 0 Å². The lowest BCUT2D eigenvalue weighted by atomic mass is 10.1. The van der Waals surface area contributed by atoms with E-state index in [0.717, 1.165) is 22.6 Å². The van der Waals surface area contributed by atoms with E-state index in [4.69, 9.17) is 19.9 Å². The number of nitrogens with zero attached hydrogens (tertiary/aromatic N) is 2. The Balaban J connectivity index is 0.00000242. The van der Waals surface area contributed by atoms with Crippen LogP contribution in [0.15, 0.2) is 30.6 Å². The summed E-state index contributed by atoms with van der Waals surface area (Å²) < 4.78 is 17.8. The standard InChI is InChI=1S/C15H21N3O3.ClH/c1-19-7-8-21-13-3-4-15(20-2)14(9-13)12-10-17-18(11-12)6-5-16;/h3-4,9-11H,5-8,16H2,1-2H3;1H. The summed E-state index contributed by atoms with van der Waals surface area (Å²) >= 11 is 0. The van der Waals surface area contributed by atoms with Crippen molar-refractivity contribution in [3.8, 4) is 22.6 Å². The summed E-state index contributed by atoms with van der Waals surface area (Å²) in [6.45, 7) is 2.30. The van der Waals surface area contributed by atoms with Gasteiger partial charge in [0.05, 0.1) is 26.5 Å². The molecule has 1 aromatic heterocycles. The number of halogens is 1. The van der Waals surface area contributed by atoms with E-state index in [1.54, 1.807) is 20.4 Å². The van der Waals surface area contributed by atoms with Crippen LogP contribution in [0.1, 0.15) is 0 Å². The van der Waals surface area contributed by atoms with E-state index < -0.39 is 0 Å². The smallest absolute Gasteiger partial charge is 0.127 e. The molecule has 0 amide bonds. The minimum atomic E-state index is 0. The van der Waals surface area contributed by atoms with Gasteiger partial charge in [-0.25, -0.2) is 0 Å². The lowest BCUT2D eigenvalue weighted by Gasteiger charge is -2.10. The third-order valence-corrected chi connectivity index (χ3v) is 3.03. The van der Waals surface area contributed by atoms with E-state index in [2.05, 4.69) is 5.10 Å². The quantitative estimate of drug-likeness (QED) is 0.750. The maximum Gasteiger partial charge on any atom is 0.127 e. The highest BCUT2D eigenvalue weighted by Gasteiger charge is 2.10. The van der Waals surface area contributed by atoms with E-state index >= 15 is 0 Å². The minimum Gasteiger partial charge on any atom is -0.496 e. The molecule has 0 bridgehead atoms. The molecule has 0 fully saturated rings. The van der Waals surface area contributed by atoms with Gasteiger partial charge in [-0.15, -0.1) is 12.4 Å². The van der Waals surface area contributed by atoms with Crippen LogP contribution in [0.3, 0.4) is 0 Å². The topological polar surface area (TPSA) is 71.5 Å². The first kappa shape index (κ1) is 18.3. The lowest BCUT2D eigenvalue weighted by molar-refractivity contribution is 0.146. The van der Waals surface area contributed by atoms with Gasteiger partial charge in [-0.2, -0.15) is 5.10 Å². The molecule has 122 valence electrons. The molecule has 0 spiro atoms. The van der Waals surface area contributed by atoms with Crippen molar-refractivity contribution < 1.29 is 14.2 Å². The SMILES string of the molecule is COCCOc1ccc(OC)c(-c2cnn(CCN)c2)c1.Cl. The maximum atomic E-state index is 5.63. The molecule has 0 aliphatic rings. The summed E-state index contributed by atoms with van der Waals surface area (Å²) in [6.07, 6.45) is 3.75. The summed E-state index contributed by atoms with van der Waals surface area (Å²) in [6, 6.07) is 5.71. The van der Waals surface area contributed by atoms with Crippen molar-refractivity contribution in [2.75, 3.05) is 34.0 Å². The van der Waals surface area contributed by atoms with E-state index in [1.807, 2.05) is 29.1 Å². The fraction of sp³-hybridized carbons (Fsp3) is 0.400. The van der Waals surface area contributed by atoms with E-state index in [0.29, 0.717) is 26.3 Å². The van der Waals surface area contributed by atoms with Crippen molar-refractivity contribution >= 4 is 12.4 Å². The number of methoxy groups -OCH3 is 2. The molecule has 0 radical (unpaired) electrons. The van der Waals surface area contributed by atoms with Crippen LogP contribution in [0.5, 0.6) is 11.5 Å². The van der Waals surface area contributed by atoms with Crippen molar-refractivity contribution in [3.63, 3.8) is 0 Å². The summed E-state index contributed by atoms with van der Waals surface area (Å²) in [7, 11) is 3.29. The van der Waals surface area contributed by atoms with Crippen molar-refractivity contribution in [1.82, 2.24) is 9.78 Å². The average molecular weight is 328 g/mol. The van der Waals surface area contributed by atoms with Gasteiger partial charge in [0.2, 0.25) is 0 Å². The molecule has 1 heterocycles. The second kappa shape index (κ2) is 9.30. The first-order valence-corrected chi connectivity index (χ1v) is 6.81. The maximum absolute atomic E-state index is 5.63. The van der Waals surface area contributed by atoms with E-state index in [1.165, 1.54) is 0 Å². The van der Waals surface area contributed by atoms with Crippen LogP contribution in [0.4, 0.5) is 0 Å². The van der Waals surface area contributed by atoms with Crippen molar-refractivity contribution in [3.05, 3.63) is 30.6 Å². The number of ether oxygens (including phenoxy) is 3. The van der Waals surface area contributed by atoms with Crippen LogP contribution in [0.25, 0.3) is 11.1 Å². The van der Waals surface area contributed by atoms with Gasteiger partial charge in [-0.3, -0.25) is 4.68 Å². The first-order chi connectivity index (χ1) is 10.3. The molecule has 2 rings (SSSR count). The predicted molar refractivity (Wildman–Crippen MR) is 87.9 cm³/mol. The Hall–Kier alpha value is -1.76. The van der Waals surface area contributed by atoms with Gasteiger partial charge in [0, 0.05) is 31.0 Å². The largest absolute Gasteiger partial charge is 0.496 e. The lowest BCUT2D eigenvalue weighted by Crippen LogP contribution is -2.09. The van der Waals surface area contributed by atoms with Crippen LogP contribution in [-0.4, -0.2) is 43.8 Å². The summed E-state index contributed by atoms with van der Waals surface area (Å²) in [5, 5.41) is 4.28. The first-order valence-electron chi connectivity index (χ1n) is 6.81. The van der Waals surface area contributed by atoms with E-state index in [9.17, 15) is 0 Å². The zero-order valence-corrected chi connectivity index (χ0v) is 13.6. The molecule has 0 saturated carbocycles. The zero-order chi connectivity index (χ0) is 15.1. The Morgan fingerprint density at radius 2 is 2.05 bits per heavy atom. The van der Waals surface area contributed by atoms with Crippen LogP contribution in [-0.2, 0) is 11.3 Å².